The van der Waals surface area contributed by atoms with Gasteiger partial charge >= 0.3 is 5.69 Å². The van der Waals surface area contributed by atoms with Crippen LogP contribution in [0, 0.1) is 6.92 Å². The Morgan fingerprint density at radius 1 is 1.19 bits per heavy atom. The van der Waals surface area contributed by atoms with Crippen LogP contribution in [-0.4, -0.2) is 31.2 Å². The SMILES string of the molecule is Cc1nc(-c2ccc3c(c2)n(CC(=O)NC(C)Cc2ccco2)c(=O)n3C(C)C)no1. The van der Waals surface area contributed by atoms with Gasteiger partial charge in [0.2, 0.25) is 17.6 Å². The molecular formula is C22H25N5O4. The lowest BCUT2D eigenvalue weighted by Crippen LogP contribution is -2.38. The van der Waals surface area contributed by atoms with Crippen LogP contribution in [0.2, 0.25) is 0 Å². The summed E-state index contributed by atoms with van der Waals surface area (Å²) in [7, 11) is 0. The molecule has 0 saturated carbocycles. The van der Waals surface area contributed by atoms with Crippen molar-refractivity contribution in [2.24, 2.45) is 0 Å². The number of aryl methyl sites for hydroxylation is 1. The van der Waals surface area contributed by atoms with Gasteiger partial charge in [0, 0.05) is 31.0 Å². The van der Waals surface area contributed by atoms with E-state index in [1.807, 2.05) is 51.1 Å². The number of carbonyl (C=O) groups is 1. The fourth-order valence-corrected chi connectivity index (χ4v) is 3.73. The van der Waals surface area contributed by atoms with E-state index >= 15 is 0 Å². The van der Waals surface area contributed by atoms with Gasteiger partial charge in [0.25, 0.3) is 0 Å². The van der Waals surface area contributed by atoms with E-state index in [1.165, 1.54) is 4.57 Å². The number of hydrogen-bond donors (Lipinski definition) is 1. The van der Waals surface area contributed by atoms with E-state index in [-0.39, 0.29) is 30.2 Å². The van der Waals surface area contributed by atoms with Crippen LogP contribution in [0.25, 0.3) is 22.4 Å². The van der Waals surface area contributed by atoms with Crippen molar-refractivity contribution in [1.29, 1.82) is 0 Å². The molecule has 31 heavy (non-hydrogen) atoms. The normalized spacial score (nSPS) is 12.5. The fourth-order valence-electron chi connectivity index (χ4n) is 3.73. The third kappa shape index (κ3) is 4.16. The first-order valence-electron chi connectivity index (χ1n) is 10.2. The van der Waals surface area contributed by atoms with Crippen LogP contribution in [-0.2, 0) is 17.8 Å². The molecule has 0 radical (unpaired) electrons. The molecule has 4 rings (SSSR count). The van der Waals surface area contributed by atoms with Crippen LogP contribution >= 0.6 is 0 Å². The molecule has 0 saturated heterocycles. The summed E-state index contributed by atoms with van der Waals surface area (Å²) in [4.78, 5) is 30.1. The highest BCUT2D eigenvalue weighted by molar-refractivity contribution is 5.84. The summed E-state index contributed by atoms with van der Waals surface area (Å²) >= 11 is 0. The fraction of sp³-hybridized carbons (Fsp3) is 0.364. The monoisotopic (exact) mass is 423 g/mol. The molecule has 1 aromatic carbocycles. The second-order valence-electron chi connectivity index (χ2n) is 7.93. The lowest BCUT2D eigenvalue weighted by molar-refractivity contribution is -0.122. The molecule has 0 aliphatic heterocycles. The summed E-state index contributed by atoms with van der Waals surface area (Å²) < 4.78 is 13.6. The molecular weight excluding hydrogens is 398 g/mol. The first-order valence-corrected chi connectivity index (χ1v) is 10.2. The Hall–Kier alpha value is -3.62. The van der Waals surface area contributed by atoms with Crippen molar-refractivity contribution in [3.05, 3.63) is 58.7 Å². The van der Waals surface area contributed by atoms with Gasteiger partial charge < -0.3 is 14.3 Å². The summed E-state index contributed by atoms with van der Waals surface area (Å²) in [5.41, 5.74) is 1.87. The predicted molar refractivity (Wildman–Crippen MR) is 115 cm³/mol. The van der Waals surface area contributed by atoms with Gasteiger partial charge in [-0.25, -0.2) is 4.79 Å². The average molecular weight is 423 g/mol. The highest BCUT2D eigenvalue weighted by Gasteiger charge is 2.20. The quantitative estimate of drug-likeness (QED) is 0.489. The molecule has 0 aliphatic rings. The minimum atomic E-state index is -0.246. The van der Waals surface area contributed by atoms with Gasteiger partial charge in [-0.05, 0) is 51.1 Å². The van der Waals surface area contributed by atoms with Gasteiger partial charge in [-0.2, -0.15) is 4.98 Å². The van der Waals surface area contributed by atoms with Crippen LogP contribution < -0.4 is 11.0 Å². The van der Waals surface area contributed by atoms with Crippen molar-refractivity contribution < 1.29 is 13.7 Å². The van der Waals surface area contributed by atoms with Gasteiger partial charge in [-0.15, -0.1) is 0 Å². The van der Waals surface area contributed by atoms with Crippen LogP contribution in [0.4, 0.5) is 0 Å². The van der Waals surface area contributed by atoms with E-state index in [0.717, 1.165) is 11.3 Å². The predicted octanol–water partition coefficient (Wildman–Crippen LogP) is 3.08. The van der Waals surface area contributed by atoms with Crippen LogP contribution in [0.1, 0.15) is 38.5 Å². The zero-order valence-electron chi connectivity index (χ0n) is 18.0. The Bertz CT molecular complexity index is 1260. The van der Waals surface area contributed by atoms with Gasteiger partial charge in [0.05, 0.1) is 17.3 Å². The summed E-state index contributed by atoms with van der Waals surface area (Å²) in [6.45, 7) is 7.40. The van der Waals surface area contributed by atoms with E-state index in [4.69, 9.17) is 8.94 Å². The Balaban J connectivity index is 1.65. The molecule has 9 nitrogen and oxygen atoms in total. The summed E-state index contributed by atoms with van der Waals surface area (Å²) in [6, 6.07) is 9.00. The maximum absolute atomic E-state index is 13.1. The molecule has 1 N–H and O–H groups in total. The molecule has 3 heterocycles. The second kappa shape index (κ2) is 8.25. The standard InChI is InChI=1S/C22H25N5O4/c1-13(2)27-18-8-7-16(21-24-15(4)31-25-21)11-19(18)26(22(27)29)12-20(28)23-14(3)10-17-6-5-9-30-17/h5-9,11,13-14H,10,12H2,1-4H3,(H,23,28). The largest absolute Gasteiger partial charge is 0.469 e. The number of fused-ring (bicyclic) bond motifs is 1. The Labute approximate surface area is 178 Å². The zero-order chi connectivity index (χ0) is 22.1. The van der Waals surface area contributed by atoms with E-state index in [0.29, 0.717) is 29.2 Å². The summed E-state index contributed by atoms with van der Waals surface area (Å²) in [5, 5.41) is 6.89. The first-order chi connectivity index (χ1) is 14.8. The number of hydrogen-bond acceptors (Lipinski definition) is 6. The average Bonchev–Trinajstić information content (AvgIpc) is 3.42. The van der Waals surface area contributed by atoms with Crippen molar-refractivity contribution in [2.75, 3.05) is 0 Å². The lowest BCUT2D eigenvalue weighted by atomic mass is 10.2. The van der Waals surface area contributed by atoms with Crippen molar-refractivity contribution in [3.63, 3.8) is 0 Å². The van der Waals surface area contributed by atoms with Crippen molar-refractivity contribution in [3.8, 4) is 11.4 Å². The Kier molecular flexibility index (Phi) is 5.50. The number of nitrogens with one attached hydrogen (secondary N) is 1. The first kappa shape index (κ1) is 20.6. The maximum Gasteiger partial charge on any atom is 0.329 e. The van der Waals surface area contributed by atoms with Crippen molar-refractivity contribution in [1.82, 2.24) is 24.6 Å². The number of amides is 1. The van der Waals surface area contributed by atoms with E-state index in [1.54, 1.807) is 17.8 Å². The molecule has 162 valence electrons. The van der Waals surface area contributed by atoms with Gasteiger partial charge in [-0.1, -0.05) is 5.16 Å². The van der Waals surface area contributed by atoms with Gasteiger partial charge in [0.1, 0.15) is 12.3 Å². The number of furan rings is 1. The smallest absolute Gasteiger partial charge is 0.329 e. The minimum absolute atomic E-state index is 0.0598. The van der Waals surface area contributed by atoms with Crippen LogP contribution in [0.3, 0.4) is 0 Å². The maximum atomic E-state index is 13.1. The lowest BCUT2D eigenvalue weighted by Gasteiger charge is -2.13. The second-order valence-corrected chi connectivity index (χ2v) is 7.93. The topological polar surface area (TPSA) is 108 Å². The summed E-state index contributed by atoms with van der Waals surface area (Å²) in [6.07, 6.45) is 2.18. The third-order valence-electron chi connectivity index (χ3n) is 5.06. The van der Waals surface area contributed by atoms with E-state index in [9.17, 15) is 9.59 Å². The number of benzene rings is 1. The molecule has 0 spiro atoms. The van der Waals surface area contributed by atoms with E-state index in [2.05, 4.69) is 15.5 Å². The molecule has 1 amide bonds. The molecule has 0 bridgehead atoms. The third-order valence-corrected chi connectivity index (χ3v) is 5.06. The number of aromatic nitrogens is 4. The van der Waals surface area contributed by atoms with E-state index < -0.39 is 0 Å². The number of nitrogens with zero attached hydrogens (tertiary/aromatic N) is 4. The molecule has 3 aromatic heterocycles. The van der Waals surface area contributed by atoms with Crippen LogP contribution in [0.5, 0.6) is 0 Å². The van der Waals surface area contributed by atoms with Crippen LogP contribution in [0.15, 0.2) is 50.3 Å². The molecule has 1 unspecified atom stereocenters. The number of imidazole rings is 1. The summed E-state index contributed by atoms with van der Waals surface area (Å²) in [5.74, 6) is 1.44. The molecule has 1 atom stereocenters. The Morgan fingerprint density at radius 3 is 2.65 bits per heavy atom. The highest BCUT2D eigenvalue weighted by atomic mass is 16.5. The highest BCUT2D eigenvalue weighted by Crippen LogP contribution is 2.24. The zero-order valence-corrected chi connectivity index (χ0v) is 18.0. The molecule has 9 heteroatoms. The molecule has 0 fully saturated rings. The van der Waals surface area contributed by atoms with Crippen molar-refractivity contribution in [2.45, 2.75) is 52.7 Å². The van der Waals surface area contributed by atoms with Crippen molar-refractivity contribution >= 4 is 16.9 Å². The number of carbonyl (C=O) groups excluding carboxylic acids is 1. The Morgan fingerprint density at radius 2 is 2.00 bits per heavy atom. The van der Waals surface area contributed by atoms with Gasteiger partial charge in [0.15, 0.2) is 0 Å². The van der Waals surface area contributed by atoms with Gasteiger partial charge in [-0.3, -0.25) is 13.9 Å². The molecule has 0 aliphatic carbocycles. The minimum Gasteiger partial charge on any atom is -0.469 e. The number of rotatable bonds is 7. The molecule has 4 aromatic rings.